The van der Waals surface area contributed by atoms with Crippen molar-refractivity contribution in [3.63, 3.8) is 0 Å². The lowest BCUT2D eigenvalue weighted by Gasteiger charge is -2.47. The number of carbonyl (C=O) groups is 1. The summed E-state index contributed by atoms with van der Waals surface area (Å²) in [5, 5.41) is 7.60. The van der Waals surface area contributed by atoms with E-state index >= 15 is 0 Å². The minimum absolute atomic E-state index is 0.118. The number of carbonyl (C=O) groups excluding carboxylic acids is 1. The summed E-state index contributed by atoms with van der Waals surface area (Å²) in [6.45, 7) is 12.6. The highest BCUT2D eigenvalue weighted by molar-refractivity contribution is 6.30. The summed E-state index contributed by atoms with van der Waals surface area (Å²) in [5.74, 6) is 0.198. The summed E-state index contributed by atoms with van der Waals surface area (Å²) in [7, 11) is 0. The Morgan fingerprint density at radius 2 is 1.89 bits per heavy atom. The molecule has 182 valence electrons. The first-order valence-electron chi connectivity index (χ1n) is 11.8. The van der Waals surface area contributed by atoms with E-state index in [1.54, 1.807) is 6.07 Å². The fraction of sp³-hybridized carbons (Fsp3) is 0.370. The number of H-pyrrole nitrogens is 1. The first kappa shape index (κ1) is 23.4. The molecule has 5 rings (SSSR count). The number of hydrogen-bond donors (Lipinski definition) is 1. The Kier molecular flexibility index (Phi) is 5.63. The molecule has 7 nitrogen and oxygen atoms in total. The second-order valence-electron chi connectivity index (χ2n) is 10.8. The lowest BCUT2D eigenvalue weighted by molar-refractivity contribution is 0.0484. The van der Waals surface area contributed by atoms with E-state index in [1.165, 1.54) is 0 Å². The number of rotatable bonds is 3. The molecule has 0 spiro atoms. The van der Waals surface area contributed by atoms with Gasteiger partial charge in [-0.1, -0.05) is 44.5 Å². The molecule has 8 heteroatoms. The van der Waals surface area contributed by atoms with Crippen molar-refractivity contribution in [2.75, 3.05) is 24.5 Å². The molecule has 1 aromatic carbocycles. The van der Waals surface area contributed by atoms with Crippen LogP contribution in [0, 0.1) is 0 Å². The standard InChI is InChI=1S/C27H30ClN5O2/c1-26(2,3)20-12-21(17-6-8-18(28)9-7-17)31-22-13-23(35-24(20)22)25(34)33-11-10-32(16-27(33,4)5)19-14-29-30-15-19/h6-9,12-15H,10-11,16H2,1-5H3,(H,29,30). The second-order valence-corrected chi connectivity index (χ2v) is 11.2. The van der Waals surface area contributed by atoms with Crippen LogP contribution in [0.2, 0.25) is 5.02 Å². The molecule has 1 N–H and O–H groups in total. The number of hydrogen-bond acceptors (Lipinski definition) is 5. The molecule has 3 aromatic heterocycles. The fourth-order valence-electron chi connectivity index (χ4n) is 4.75. The Morgan fingerprint density at radius 3 is 2.51 bits per heavy atom. The molecule has 4 aromatic rings. The van der Waals surface area contributed by atoms with Gasteiger partial charge in [-0.2, -0.15) is 5.10 Å². The highest BCUT2D eigenvalue weighted by Gasteiger charge is 2.39. The molecule has 0 aliphatic carbocycles. The van der Waals surface area contributed by atoms with Crippen molar-refractivity contribution < 1.29 is 9.21 Å². The Bertz CT molecular complexity index is 1370. The maximum absolute atomic E-state index is 13.7. The normalized spacial score (nSPS) is 16.2. The second kappa shape index (κ2) is 8.41. The Hall–Kier alpha value is -3.32. The zero-order chi connectivity index (χ0) is 25.0. The smallest absolute Gasteiger partial charge is 0.290 e. The van der Waals surface area contributed by atoms with Crippen LogP contribution in [0.15, 0.2) is 53.2 Å². The minimum Gasteiger partial charge on any atom is -0.449 e. The average Bonchev–Trinajstić information content (AvgIpc) is 3.47. The number of fused-ring (bicyclic) bond motifs is 1. The molecule has 1 aliphatic heterocycles. The van der Waals surface area contributed by atoms with Crippen LogP contribution in [0.4, 0.5) is 5.69 Å². The van der Waals surface area contributed by atoms with E-state index in [9.17, 15) is 4.79 Å². The van der Waals surface area contributed by atoms with E-state index in [2.05, 4.69) is 55.8 Å². The summed E-state index contributed by atoms with van der Waals surface area (Å²) < 4.78 is 6.24. The lowest BCUT2D eigenvalue weighted by Crippen LogP contribution is -2.61. The van der Waals surface area contributed by atoms with Gasteiger partial charge in [0.25, 0.3) is 5.91 Å². The fourth-order valence-corrected chi connectivity index (χ4v) is 4.88. The van der Waals surface area contributed by atoms with Crippen LogP contribution in [0.3, 0.4) is 0 Å². The number of aromatic amines is 1. The number of halogens is 1. The van der Waals surface area contributed by atoms with Gasteiger partial charge in [0.2, 0.25) is 0 Å². The highest BCUT2D eigenvalue weighted by Crippen LogP contribution is 2.36. The monoisotopic (exact) mass is 491 g/mol. The molecule has 0 saturated carbocycles. The number of aromatic nitrogens is 3. The van der Waals surface area contributed by atoms with E-state index in [1.807, 2.05) is 41.6 Å². The minimum atomic E-state index is -0.389. The van der Waals surface area contributed by atoms with Crippen LogP contribution in [0.25, 0.3) is 22.4 Å². The topological polar surface area (TPSA) is 78.3 Å². The van der Waals surface area contributed by atoms with Crippen molar-refractivity contribution in [1.29, 1.82) is 0 Å². The third-order valence-electron chi connectivity index (χ3n) is 6.63. The quantitative estimate of drug-likeness (QED) is 0.385. The molecule has 35 heavy (non-hydrogen) atoms. The molecule has 0 unspecified atom stereocenters. The molecule has 1 amide bonds. The van der Waals surface area contributed by atoms with Gasteiger partial charge in [0, 0.05) is 48.0 Å². The molecule has 0 radical (unpaired) electrons. The molecule has 4 heterocycles. The maximum atomic E-state index is 13.7. The van der Waals surface area contributed by atoms with Crippen LogP contribution in [0.1, 0.15) is 50.7 Å². The SMILES string of the molecule is CC(C)(C)c1cc(-c2ccc(Cl)cc2)nc2cc(C(=O)N3CCN(c4cn[nH]c4)CC3(C)C)oc12. The zero-order valence-electron chi connectivity index (χ0n) is 20.7. The lowest BCUT2D eigenvalue weighted by atomic mass is 9.86. The van der Waals surface area contributed by atoms with Crippen molar-refractivity contribution in [1.82, 2.24) is 20.1 Å². The van der Waals surface area contributed by atoms with Crippen molar-refractivity contribution in [3.8, 4) is 11.3 Å². The number of furan rings is 1. The summed E-state index contributed by atoms with van der Waals surface area (Å²) in [5.41, 5.74) is 4.59. The van der Waals surface area contributed by atoms with Crippen molar-refractivity contribution >= 4 is 34.3 Å². The van der Waals surface area contributed by atoms with Gasteiger partial charge in [0.15, 0.2) is 11.3 Å². The van der Waals surface area contributed by atoms with Crippen LogP contribution >= 0.6 is 11.6 Å². The van der Waals surface area contributed by atoms with Gasteiger partial charge in [-0.15, -0.1) is 0 Å². The van der Waals surface area contributed by atoms with Gasteiger partial charge in [0.1, 0.15) is 5.52 Å². The van der Waals surface area contributed by atoms with E-state index < -0.39 is 0 Å². The molecule has 1 saturated heterocycles. The van der Waals surface area contributed by atoms with Crippen molar-refractivity contribution in [2.45, 2.75) is 45.6 Å². The van der Waals surface area contributed by atoms with E-state index in [0.717, 1.165) is 29.1 Å². The number of nitrogens with zero attached hydrogens (tertiary/aromatic N) is 4. The molecular formula is C27H30ClN5O2. The average molecular weight is 492 g/mol. The predicted octanol–water partition coefficient (Wildman–Crippen LogP) is 5.91. The van der Waals surface area contributed by atoms with Gasteiger partial charge < -0.3 is 14.2 Å². The van der Waals surface area contributed by atoms with Crippen molar-refractivity contribution in [3.05, 3.63) is 65.1 Å². The zero-order valence-corrected chi connectivity index (χ0v) is 21.5. The molecule has 1 fully saturated rings. The molecule has 1 aliphatic rings. The Morgan fingerprint density at radius 1 is 1.14 bits per heavy atom. The van der Waals surface area contributed by atoms with Crippen LogP contribution in [-0.4, -0.2) is 51.2 Å². The number of benzene rings is 1. The number of anilines is 1. The molecular weight excluding hydrogens is 462 g/mol. The molecule has 0 bridgehead atoms. The van der Waals surface area contributed by atoms with E-state index in [0.29, 0.717) is 35.0 Å². The van der Waals surface area contributed by atoms with Gasteiger partial charge in [-0.05, 0) is 37.5 Å². The third-order valence-corrected chi connectivity index (χ3v) is 6.89. The van der Waals surface area contributed by atoms with Gasteiger partial charge in [0.05, 0.1) is 23.1 Å². The third kappa shape index (κ3) is 4.41. The maximum Gasteiger partial charge on any atom is 0.290 e. The van der Waals surface area contributed by atoms with Crippen molar-refractivity contribution in [2.24, 2.45) is 0 Å². The molecule has 0 atom stereocenters. The van der Waals surface area contributed by atoms with Gasteiger partial charge >= 0.3 is 0 Å². The van der Waals surface area contributed by atoms with E-state index in [-0.39, 0.29) is 16.9 Å². The number of nitrogens with one attached hydrogen (secondary N) is 1. The van der Waals surface area contributed by atoms with Crippen LogP contribution in [0.5, 0.6) is 0 Å². The summed E-state index contributed by atoms with van der Waals surface area (Å²) in [6, 6.07) is 11.5. The summed E-state index contributed by atoms with van der Waals surface area (Å²) >= 11 is 6.09. The first-order valence-corrected chi connectivity index (χ1v) is 12.2. The van der Waals surface area contributed by atoms with Gasteiger partial charge in [-0.25, -0.2) is 4.98 Å². The number of piperazine rings is 1. The number of amides is 1. The predicted molar refractivity (Wildman–Crippen MR) is 139 cm³/mol. The van der Waals surface area contributed by atoms with Crippen LogP contribution in [-0.2, 0) is 5.41 Å². The summed E-state index contributed by atoms with van der Waals surface area (Å²) in [6.07, 6.45) is 3.69. The highest BCUT2D eigenvalue weighted by atomic mass is 35.5. The van der Waals surface area contributed by atoms with Crippen LogP contribution < -0.4 is 4.90 Å². The Balaban J connectivity index is 1.51. The first-order chi connectivity index (χ1) is 16.5. The van der Waals surface area contributed by atoms with Gasteiger partial charge in [-0.3, -0.25) is 9.89 Å². The Labute approximate surface area is 210 Å². The largest absolute Gasteiger partial charge is 0.449 e. The van der Waals surface area contributed by atoms with E-state index in [4.69, 9.17) is 21.0 Å². The number of pyridine rings is 1. The summed E-state index contributed by atoms with van der Waals surface area (Å²) in [4.78, 5) is 22.7.